The van der Waals surface area contributed by atoms with Gasteiger partial charge in [0.1, 0.15) is 5.52 Å². The number of hydrogen-bond donors (Lipinski definition) is 1. The highest BCUT2D eigenvalue weighted by atomic mass is 35.7. The highest BCUT2D eigenvalue weighted by molar-refractivity contribution is 8.12. The van der Waals surface area contributed by atoms with Crippen molar-refractivity contribution in [3.05, 3.63) is 36.0 Å². The number of aryl methyl sites for hydroxylation is 1. The fourth-order valence-corrected chi connectivity index (χ4v) is 1.95. The molecule has 2 rings (SSSR count). The number of pyridine rings is 1. The first-order valence-electron chi connectivity index (χ1n) is 5.16. The number of amides is 1. The zero-order valence-corrected chi connectivity index (χ0v) is 11.3. The first kappa shape index (κ1) is 13.6. The summed E-state index contributed by atoms with van der Waals surface area (Å²) in [6.07, 6.45) is -1.19. The summed E-state index contributed by atoms with van der Waals surface area (Å²) in [4.78, 5) is 15.6. The molecule has 0 aliphatic carbocycles. The third kappa shape index (κ3) is 3.55. The molecule has 19 heavy (non-hydrogen) atoms. The number of para-hydroxylation sites is 1. The molecule has 0 saturated carbocycles. The van der Waals surface area contributed by atoms with E-state index in [0.717, 1.165) is 11.1 Å². The molecule has 1 aromatic carbocycles. The maximum absolute atomic E-state index is 11.3. The zero-order chi connectivity index (χ0) is 14.0. The van der Waals surface area contributed by atoms with Crippen LogP contribution in [0.25, 0.3) is 10.9 Å². The lowest BCUT2D eigenvalue weighted by atomic mass is 10.2. The molecule has 0 radical (unpaired) electrons. The van der Waals surface area contributed by atoms with Gasteiger partial charge in [0.25, 0.3) is 0 Å². The monoisotopic (exact) mass is 300 g/mol. The molecule has 0 aliphatic rings. The molecule has 0 bridgehead atoms. The number of carbonyl (C=O) groups is 1. The fourth-order valence-electron chi connectivity index (χ4n) is 1.52. The van der Waals surface area contributed by atoms with E-state index < -0.39 is 15.3 Å². The van der Waals surface area contributed by atoms with Crippen molar-refractivity contribution in [2.24, 2.45) is 0 Å². The van der Waals surface area contributed by atoms with Gasteiger partial charge in [-0.2, -0.15) is 8.42 Å². The second-order valence-corrected chi connectivity index (χ2v) is 6.01. The van der Waals surface area contributed by atoms with E-state index in [2.05, 4.69) is 4.98 Å². The van der Waals surface area contributed by atoms with Crippen LogP contribution in [-0.4, -0.2) is 19.5 Å². The maximum atomic E-state index is 11.3. The van der Waals surface area contributed by atoms with Crippen LogP contribution in [0.15, 0.2) is 30.3 Å². The first-order valence-corrected chi connectivity index (χ1v) is 7.47. The third-order valence-electron chi connectivity index (χ3n) is 2.23. The van der Waals surface area contributed by atoms with Gasteiger partial charge in [-0.25, -0.2) is 14.5 Å². The van der Waals surface area contributed by atoms with Crippen LogP contribution >= 0.6 is 10.7 Å². The summed E-state index contributed by atoms with van der Waals surface area (Å²) in [6, 6.07) is 8.60. The van der Waals surface area contributed by atoms with Crippen molar-refractivity contribution in [3.8, 4) is 5.75 Å². The van der Waals surface area contributed by atoms with E-state index in [4.69, 9.17) is 15.4 Å². The van der Waals surface area contributed by atoms with Gasteiger partial charge in [-0.15, -0.1) is 0 Å². The van der Waals surface area contributed by atoms with Crippen molar-refractivity contribution in [1.82, 2.24) is 9.71 Å². The summed E-state index contributed by atoms with van der Waals surface area (Å²) in [5.74, 6) is 0.152. The van der Waals surface area contributed by atoms with Crippen molar-refractivity contribution in [3.63, 3.8) is 0 Å². The van der Waals surface area contributed by atoms with Crippen molar-refractivity contribution in [2.75, 3.05) is 0 Å². The molecule has 2 aromatic rings. The van der Waals surface area contributed by atoms with Gasteiger partial charge in [0, 0.05) is 21.8 Å². The SMILES string of the molecule is Cc1ccc2cccc(OC(=O)NS(=O)(=O)Cl)c2n1. The molecule has 0 atom stereocenters. The Bertz CT molecular complexity index is 745. The van der Waals surface area contributed by atoms with Gasteiger partial charge in [-0.3, -0.25) is 0 Å². The Balaban J connectivity index is 2.35. The molecule has 0 unspecified atom stereocenters. The van der Waals surface area contributed by atoms with Gasteiger partial charge < -0.3 is 4.74 Å². The first-order chi connectivity index (χ1) is 8.85. The van der Waals surface area contributed by atoms with Crippen LogP contribution in [0.1, 0.15) is 5.69 Å². The second kappa shape index (κ2) is 5.02. The van der Waals surface area contributed by atoms with Crippen LogP contribution in [0, 0.1) is 6.92 Å². The number of fused-ring (bicyclic) bond motifs is 1. The summed E-state index contributed by atoms with van der Waals surface area (Å²) in [5, 5.41) is 0.768. The third-order valence-corrected chi connectivity index (χ3v) is 2.87. The van der Waals surface area contributed by atoms with Crippen LogP contribution in [0.5, 0.6) is 5.75 Å². The number of nitrogens with one attached hydrogen (secondary N) is 1. The van der Waals surface area contributed by atoms with Crippen molar-refractivity contribution in [2.45, 2.75) is 6.92 Å². The highest BCUT2D eigenvalue weighted by Gasteiger charge is 2.14. The number of carbonyl (C=O) groups excluding carboxylic acids is 1. The van der Waals surface area contributed by atoms with E-state index in [0.29, 0.717) is 5.52 Å². The van der Waals surface area contributed by atoms with Gasteiger partial charge >= 0.3 is 15.3 Å². The molecule has 0 saturated heterocycles. The summed E-state index contributed by atoms with van der Waals surface area (Å²) >= 11 is 0. The van der Waals surface area contributed by atoms with Crippen molar-refractivity contribution >= 4 is 36.9 Å². The minimum atomic E-state index is -4.18. The topological polar surface area (TPSA) is 85.4 Å². The van der Waals surface area contributed by atoms with E-state index in [1.165, 1.54) is 10.8 Å². The molecule has 1 heterocycles. The van der Waals surface area contributed by atoms with Gasteiger partial charge in [0.05, 0.1) is 0 Å². The van der Waals surface area contributed by atoms with Crippen molar-refractivity contribution in [1.29, 1.82) is 0 Å². The molecule has 0 aliphatic heterocycles. The quantitative estimate of drug-likeness (QED) is 0.859. The number of aromatic nitrogens is 1. The Morgan fingerprint density at radius 3 is 2.74 bits per heavy atom. The normalized spacial score (nSPS) is 11.3. The lowest BCUT2D eigenvalue weighted by Gasteiger charge is -2.07. The molecule has 6 nitrogen and oxygen atoms in total. The standard InChI is InChI=1S/C11H9ClN2O4S/c1-7-5-6-8-3-2-4-9(10(8)13-7)18-11(15)14-19(12,16)17/h2-6H,1H3,(H,14,15). The van der Waals surface area contributed by atoms with Gasteiger partial charge in [-0.1, -0.05) is 18.2 Å². The number of halogens is 1. The molecular formula is C11H9ClN2O4S. The average molecular weight is 301 g/mol. The van der Waals surface area contributed by atoms with E-state index in [-0.39, 0.29) is 5.75 Å². The predicted octanol–water partition coefficient (Wildman–Crippen LogP) is 2.12. The molecule has 1 aromatic heterocycles. The van der Waals surface area contributed by atoms with Crippen LogP contribution < -0.4 is 9.46 Å². The van der Waals surface area contributed by atoms with E-state index in [1.54, 1.807) is 19.1 Å². The smallest absolute Gasteiger partial charge is 0.407 e. The molecule has 100 valence electrons. The number of hydrogen-bond acceptors (Lipinski definition) is 5. The average Bonchev–Trinajstić information content (AvgIpc) is 2.27. The van der Waals surface area contributed by atoms with Crippen LogP contribution in [0.3, 0.4) is 0 Å². The molecular weight excluding hydrogens is 292 g/mol. The molecule has 0 spiro atoms. The fraction of sp³-hybridized carbons (Fsp3) is 0.0909. The predicted molar refractivity (Wildman–Crippen MR) is 70.4 cm³/mol. The van der Waals surface area contributed by atoms with E-state index in [9.17, 15) is 13.2 Å². The molecule has 8 heteroatoms. The van der Waals surface area contributed by atoms with E-state index in [1.807, 2.05) is 12.1 Å². The number of nitrogens with zero attached hydrogens (tertiary/aromatic N) is 1. The summed E-state index contributed by atoms with van der Waals surface area (Å²) in [7, 11) is 0.705. The highest BCUT2D eigenvalue weighted by Crippen LogP contribution is 2.24. The Hall–Kier alpha value is -1.86. The molecule has 1 amide bonds. The summed E-state index contributed by atoms with van der Waals surface area (Å²) in [5.41, 5.74) is 1.21. The number of benzene rings is 1. The minimum absolute atomic E-state index is 0.152. The zero-order valence-electron chi connectivity index (χ0n) is 9.75. The Labute approximate surface area is 113 Å². The minimum Gasteiger partial charge on any atom is -0.407 e. The number of rotatable bonds is 2. The maximum Gasteiger partial charge on any atom is 0.427 e. The lowest BCUT2D eigenvalue weighted by molar-refractivity contribution is 0.207. The second-order valence-electron chi connectivity index (χ2n) is 3.71. The van der Waals surface area contributed by atoms with Gasteiger partial charge in [-0.05, 0) is 19.1 Å². The molecule has 0 fully saturated rings. The lowest BCUT2D eigenvalue weighted by Crippen LogP contribution is -2.29. The largest absolute Gasteiger partial charge is 0.427 e. The number of ether oxygens (including phenoxy) is 1. The van der Waals surface area contributed by atoms with Crippen molar-refractivity contribution < 1.29 is 17.9 Å². The Morgan fingerprint density at radius 1 is 1.32 bits per heavy atom. The molecule has 1 N–H and O–H groups in total. The summed E-state index contributed by atoms with van der Waals surface area (Å²) in [6.45, 7) is 1.79. The Kier molecular flexibility index (Phi) is 3.59. The summed E-state index contributed by atoms with van der Waals surface area (Å²) < 4.78 is 27.8. The van der Waals surface area contributed by atoms with Gasteiger partial charge in [0.2, 0.25) is 0 Å². The van der Waals surface area contributed by atoms with Gasteiger partial charge in [0.15, 0.2) is 5.75 Å². The van der Waals surface area contributed by atoms with Crippen LogP contribution in [-0.2, 0) is 9.24 Å². The Morgan fingerprint density at radius 2 is 2.05 bits per heavy atom. The van der Waals surface area contributed by atoms with Crippen LogP contribution in [0.2, 0.25) is 0 Å². The van der Waals surface area contributed by atoms with E-state index >= 15 is 0 Å². The van der Waals surface area contributed by atoms with Crippen LogP contribution in [0.4, 0.5) is 4.79 Å².